The Hall–Kier alpha value is -0.970. The number of likely N-dealkylation sites (N-methyl/N-ethyl adjacent to an activating group) is 1. The smallest absolute Gasteiger partial charge is 0.0907 e. The topological polar surface area (TPSA) is 28.2 Å². The molecule has 96 valence electrons. The summed E-state index contributed by atoms with van der Waals surface area (Å²) in [5, 5.41) is 4.57. The minimum absolute atomic E-state index is 0.684. The van der Waals surface area contributed by atoms with E-state index in [4.69, 9.17) is 0 Å². The average Bonchev–Trinajstić information content (AvgIpc) is 2.95. The van der Waals surface area contributed by atoms with Crippen LogP contribution in [0.25, 0.3) is 10.2 Å². The molecule has 0 saturated carbocycles. The van der Waals surface area contributed by atoms with E-state index < -0.39 is 0 Å². The van der Waals surface area contributed by atoms with Crippen LogP contribution in [0.2, 0.25) is 0 Å². The molecule has 3 nitrogen and oxygen atoms in total. The molecule has 0 spiro atoms. The van der Waals surface area contributed by atoms with Gasteiger partial charge in [0, 0.05) is 19.1 Å². The Labute approximate surface area is 112 Å². The molecule has 1 N–H and O–H groups in total. The normalized spacial score (nSPS) is 20.1. The first kappa shape index (κ1) is 12.1. The Balaban J connectivity index is 1.77. The Morgan fingerprint density at radius 1 is 1.50 bits per heavy atom. The minimum atomic E-state index is 0.684. The number of benzene rings is 1. The molecule has 0 bridgehead atoms. The minimum Gasteiger partial charge on any atom is -0.315 e. The van der Waals surface area contributed by atoms with Gasteiger partial charge in [0.2, 0.25) is 0 Å². The van der Waals surface area contributed by atoms with Gasteiger partial charge in [-0.1, -0.05) is 6.07 Å². The van der Waals surface area contributed by atoms with Crippen molar-refractivity contribution in [2.75, 3.05) is 20.1 Å². The highest BCUT2D eigenvalue weighted by Gasteiger charge is 2.19. The van der Waals surface area contributed by atoms with Crippen LogP contribution in [-0.2, 0) is 6.54 Å². The first-order valence-corrected chi connectivity index (χ1v) is 7.31. The number of fused-ring (bicyclic) bond motifs is 1. The lowest BCUT2D eigenvalue weighted by molar-refractivity contribution is 0.249. The fourth-order valence-electron chi connectivity index (χ4n) is 2.62. The second-order valence-corrected chi connectivity index (χ2v) is 6.33. The molecule has 1 saturated heterocycles. The van der Waals surface area contributed by atoms with Crippen molar-refractivity contribution in [1.29, 1.82) is 0 Å². The van der Waals surface area contributed by atoms with E-state index >= 15 is 0 Å². The molecule has 2 aromatic rings. The molecule has 1 aliphatic heterocycles. The van der Waals surface area contributed by atoms with Crippen molar-refractivity contribution >= 4 is 21.6 Å². The monoisotopic (exact) mass is 261 g/mol. The van der Waals surface area contributed by atoms with E-state index in [0.717, 1.165) is 30.2 Å². The molecule has 1 atom stereocenters. The molecule has 1 aliphatic rings. The molecule has 1 aromatic carbocycles. The third-order valence-electron chi connectivity index (χ3n) is 3.65. The predicted octanol–water partition coefficient (Wildman–Crippen LogP) is 2.40. The third-order valence-corrected chi connectivity index (χ3v) is 4.58. The van der Waals surface area contributed by atoms with Gasteiger partial charge >= 0.3 is 0 Å². The van der Waals surface area contributed by atoms with Crippen LogP contribution in [0.5, 0.6) is 0 Å². The van der Waals surface area contributed by atoms with Crippen molar-refractivity contribution in [2.45, 2.75) is 25.9 Å². The Bertz CT molecular complexity index is 543. The summed E-state index contributed by atoms with van der Waals surface area (Å²) in [6.07, 6.45) is 1.26. The van der Waals surface area contributed by atoms with E-state index in [1.54, 1.807) is 11.3 Å². The lowest BCUT2D eigenvalue weighted by Crippen LogP contribution is -2.32. The first-order chi connectivity index (χ1) is 8.72. The Morgan fingerprint density at radius 3 is 3.17 bits per heavy atom. The summed E-state index contributed by atoms with van der Waals surface area (Å²) >= 11 is 1.78. The van der Waals surface area contributed by atoms with Gasteiger partial charge in [-0.15, -0.1) is 11.3 Å². The SMILES string of the molecule is Cc1nc2ccc(CN(C)C3CCNC3)cc2s1. The lowest BCUT2D eigenvalue weighted by atomic mass is 10.1. The van der Waals surface area contributed by atoms with Crippen LogP contribution in [0, 0.1) is 6.92 Å². The first-order valence-electron chi connectivity index (χ1n) is 6.49. The van der Waals surface area contributed by atoms with Gasteiger partial charge in [-0.05, 0) is 44.6 Å². The molecule has 1 fully saturated rings. The molecule has 0 amide bonds. The van der Waals surface area contributed by atoms with Gasteiger partial charge in [-0.25, -0.2) is 4.98 Å². The van der Waals surface area contributed by atoms with Crippen LogP contribution in [0.3, 0.4) is 0 Å². The third kappa shape index (κ3) is 2.41. The number of nitrogens with zero attached hydrogens (tertiary/aromatic N) is 2. The van der Waals surface area contributed by atoms with E-state index in [9.17, 15) is 0 Å². The molecule has 2 heterocycles. The maximum Gasteiger partial charge on any atom is 0.0907 e. The highest BCUT2D eigenvalue weighted by atomic mass is 32.1. The van der Waals surface area contributed by atoms with Crippen molar-refractivity contribution in [1.82, 2.24) is 15.2 Å². The van der Waals surface area contributed by atoms with Gasteiger partial charge in [0.1, 0.15) is 0 Å². The number of hydrogen-bond acceptors (Lipinski definition) is 4. The average molecular weight is 261 g/mol. The molecular formula is C14H19N3S. The Kier molecular flexibility index (Phi) is 3.33. The van der Waals surface area contributed by atoms with Crippen molar-refractivity contribution in [3.8, 4) is 0 Å². The van der Waals surface area contributed by atoms with E-state index in [-0.39, 0.29) is 0 Å². The maximum atomic E-state index is 4.51. The van der Waals surface area contributed by atoms with E-state index in [1.165, 1.54) is 16.7 Å². The van der Waals surface area contributed by atoms with Gasteiger partial charge in [0.25, 0.3) is 0 Å². The van der Waals surface area contributed by atoms with Crippen LogP contribution in [0.15, 0.2) is 18.2 Å². The van der Waals surface area contributed by atoms with E-state index in [1.807, 2.05) is 0 Å². The predicted molar refractivity (Wildman–Crippen MR) is 77.1 cm³/mol. The number of aryl methyl sites for hydroxylation is 1. The highest BCUT2D eigenvalue weighted by molar-refractivity contribution is 7.18. The summed E-state index contributed by atoms with van der Waals surface area (Å²) in [7, 11) is 2.22. The van der Waals surface area contributed by atoms with Crippen LogP contribution in [0.4, 0.5) is 0 Å². The highest BCUT2D eigenvalue weighted by Crippen LogP contribution is 2.23. The zero-order chi connectivity index (χ0) is 12.5. The fraction of sp³-hybridized carbons (Fsp3) is 0.500. The fourth-order valence-corrected chi connectivity index (χ4v) is 3.51. The van der Waals surface area contributed by atoms with Crippen molar-refractivity contribution in [3.63, 3.8) is 0 Å². The second kappa shape index (κ2) is 4.96. The van der Waals surface area contributed by atoms with Gasteiger partial charge in [0.05, 0.1) is 15.2 Å². The standard InChI is InChI=1S/C14H19N3S/c1-10-16-13-4-3-11(7-14(13)18-10)9-17(2)12-5-6-15-8-12/h3-4,7,12,15H,5-6,8-9H2,1-2H3. The molecule has 0 radical (unpaired) electrons. The molecule has 3 rings (SSSR count). The van der Waals surface area contributed by atoms with Crippen LogP contribution in [0.1, 0.15) is 17.0 Å². The summed E-state index contributed by atoms with van der Waals surface area (Å²) in [5.74, 6) is 0. The molecule has 18 heavy (non-hydrogen) atoms. The molecule has 1 unspecified atom stereocenters. The molecule has 1 aromatic heterocycles. The summed E-state index contributed by atoms with van der Waals surface area (Å²) in [5.41, 5.74) is 2.52. The molecular weight excluding hydrogens is 242 g/mol. The summed E-state index contributed by atoms with van der Waals surface area (Å²) in [6, 6.07) is 7.33. The van der Waals surface area contributed by atoms with Crippen LogP contribution >= 0.6 is 11.3 Å². The van der Waals surface area contributed by atoms with Gasteiger partial charge in [0.15, 0.2) is 0 Å². The number of rotatable bonds is 3. The van der Waals surface area contributed by atoms with E-state index in [2.05, 4.69) is 47.4 Å². The number of hydrogen-bond donors (Lipinski definition) is 1. The molecule has 4 heteroatoms. The lowest BCUT2D eigenvalue weighted by Gasteiger charge is -2.23. The van der Waals surface area contributed by atoms with E-state index in [0.29, 0.717) is 6.04 Å². The van der Waals surface area contributed by atoms with Crippen molar-refractivity contribution in [3.05, 3.63) is 28.8 Å². The maximum absolute atomic E-state index is 4.51. The van der Waals surface area contributed by atoms with Gasteiger partial charge < -0.3 is 5.32 Å². The summed E-state index contributed by atoms with van der Waals surface area (Å²) in [4.78, 5) is 6.96. The zero-order valence-electron chi connectivity index (χ0n) is 10.9. The quantitative estimate of drug-likeness (QED) is 0.919. The van der Waals surface area contributed by atoms with Crippen LogP contribution in [-0.4, -0.2) is 36.1 Å². The number of thiazole rings is 1. The summed E-state index contributed by atoms with van der Waals surface area (Å²) in [6.45, 7) is 5.38. The van der Waals surface area contributed by atoms with Gasteiger partial charge in [-0.3, -0.25) is 4.90 Å². The molecule has 0 aliphatic carbocycles. The second-order valence-electron chi connectivity index (χ2n) is 5.10. The van der Waals surface area contributed by atoms with Crippen molar-refractivity contribution < 1.29 is 0 Å². The van der Waals surface area contributed by atoms with Crippen molar-refractivity contribution in [2.24, 2.45) is 0 Å². The zero-order valence-corrected chi connectivity index (χ0v) is 11.8. The van der Waals surface area contributed by atoms with Crippen LogP contribution < -0.4 is 5.32 Å². The van der Waals surface area contributed by atoms with Gasteiger partial charge in [-0.2, -0.15) is 0 Å². The largest absolute Gasteiger partial charge is 0.315 e. The number of aromatic nitrogens is 1. The Morgan fingerprint density at radius 2 is 2.39 bits per heavy atom. The summed E-state index contributed by atoms with van der Waals surface area (Å²) < 4.78 is 1.31. The number of nitrogens with one attached hydrogen (secondary N) is 1.